The molecule has 0 unspecified atom stereocenters. The molecule has 136 valence electrons. The zero-order chi connectivity index (χ0) is 17.5. The summed E-state index contributed by atoms with van der Waals surface area (Å²) in [6, 6.07) is 9.64. The predicted molar refractivity (Wildman–Crippen MR) is 97.6 cm³/mol. The molecule has 1 N–H and O–H groups in total. The number of aliphatic hydroxyl groups is 1. The molecule has 1 aliphatic rings. The van der Waals surface area contributed by atoms with Crippen molar-refractivity contribution in [2.45, 2.75) is 26.1 Å². The number of aryl methyl sites for hydroxylation is 1. The molecule has 0 spiro atoms. The Hall–Kier alpha value is -1.89. The van der Waals surface area contributed by atoms with E-state index in [-0.39, 0.29) is 0 Å². The number of aromatic nitrogens is 2. The van der Waals surface area contributed by atoms with Crippen LogP contribution in [0.5, 0.6) is 5.75 Å². The molecule has 0 aliphatic carbocycles. The van der Waals surface area contributed by atoms with Crippen molar-refractivity contribution in [2.24, 2.45) is 0 Å². The highest BCUT2D eigenvalue weighted by atomic mass is 16.5. The number of piperazine rings is 1. The topological polar surface area (TPSA) is 53.8 Å². The molecule has 1 aliphatic heterocycles. The van der Waals surface area contributed by atoms with Crippen LogP contribution in [-0.4, -0.2) is 69.9 Å². The first-order chi connectivity index (χ1) is 12.2. The van der Waals surface area contributed by atoms with E-state index in [1.165, 1.54) is 0 Å². The number of nitrogens with zero attached hydrogens (tertiary/aromatic N) is 4. The quantitative estimate of drug-likeness (QED) is 0.786. The molecule has 25 heavy (non-hydrogen) atoms. The van der Waals surface area contributed by atoms with Gasteiger partial charge in [0.2, 0.25) is 0 Å². The Morgan fingerprint density at radius 3 is 2.56 bits per heavy atom. The van der Waals surface area contributed by atoms with E-state index in [4.69, 9.17) is 4.74 Å². The van der Waals surface area contributed by atoms with Gasteiger partial charge in [-0.2, -0.15) is 0 Å². The summed E-state index contributed by atoms with van der Waals surface area (Å²) in [5.41, 5.74) is 0. The second-order valence-electron chi connectivity index (χ2n) is 6.48. The maximum atomic E-state index is 10.2. The molecular formula is C19H28N4O2. The average molecular weight is 344 g/mol. The van der Waals surface area contributed by atoms with E-state index in [0.29, 0.717) is 13.2 Å². The van der Waals surface area contributed by atoms with Crippen LogP contribution in [0.2, 0.25) is 0 Å². The first kappa shape index (κ1) is 17.9. The summed E-state index contributed by atoms with van der Waals surface area (Å²) in [4.78, 5) is 9.19. The first-order valence-corrected chi connectivity index (χ1v) is 9.05. The number of para-hydroxylation sites is 1. The van der Waals surface area contributed by atoms with Crippen LogP contribution in [0.4, 0.5) is 0 Å². The molecule has 1 aromatic heterocycles. The molecule has 6 heteroatoms. The minimum Gasteiger partial charge on any atom is -0.491 e. The van der Waals surface area contributed by atoms with Gasteiger partial charge in [-0.05, 0) is 19.1 Å². The molecule has 1 aromatic carbocycles. The number of rotatable bonds is 8. The van der Waals surface area contributed by atoms with E-state index in [1.807, 2.05) is 42.7 Å². The Kier molecular flexibility index (Phi) is 6.44. The number of β-amino-alcohol motifs (C(OH)–C–C–N with tert-alkyl or cyclic N) is 1. The summed E-state index contributed by atoms with van der Waals surface area (Å²) < 4.78 is 7.82. The van der Waals surface area contributed by atoms with Crippen LogP contribution in [0.3, 0.4) is 0 Å². The van der Waals surface area contributed by atoms with Crippen molar-refractivity contribution in [3.05, 3.63) is 48.5 Å². The fourth-order valence-corrected chi connectivity index (χ4v) is 3.17. The molecule has 1 fully saturated rings. The van der Waals surface area contributed by atoms with Crippen LogP contribution in [0, 0.1) is 0 Å². The minimum absolute atomic E-state index is 0.332. The van der Waals surface area contributed by atoms with Crippen molar-refractivity contribution in [3.63, 3.8) is 0 Å². The summed E-state index contributed by atoms with van der Waals surface area (Å²) in [6.07, 6.45) is 3.44. The molecule has 0 saturated carbocycles. The van der Waals surface area contributed by atoms with Crippen LogP contribution >= 0.6 is 0 Å². The van der Waals surface area contributed by atoms with Crippen LogP contribution in [0.1, 0.15) is 12.7 Å². The number of imidazole rings is 1. The van der Waals surface area contributed by atoms with Gasteiger partial charge in [-0.25, -0.2) is 4.98 Å². The number of hydrogen-bond acceptors (Lipinski definition) is 5. The smallest absolute Gasteiger partial charge is 0.122 e. The summed E-state index contributed by atoms with van der Waals surface area (Å²) in [6.45, 7) is 8.93. The highest BCUT2D eigenvalue weighted by Gasteiger charge is 2.20. The maximum Gasteiger partial charge on any atom is 0.122 e. The Morgan fingerprint density at radius 1 is 1.12 bits per heavy atom. The minimum atomic E-state index is -0.467. The van der Waals surface area contributed by atoms with Crippen molar-refractivity contribution in [3.8, 4) is 5.75 Å². The number of ether oxygens (including phenoxy) is 1. The van der Waals surface area contributed by atoms with Gasteiger partial charge < -0.3 is 14.4 Å². The van der Waals surface area contributed by atoms with Gasteiger partial charge in [0, 0.05) is 51.7 Å². The molecule has 1 saturated heterocycles. The molecule has 3 rings (SSSR count). The molecule has 2 aromatic rings. The van der Waals surface area contributed by atoms with Crippen LogP contribution in [-0.2, 0) is 13.1 Å². The van der Waals surface area contributed by atoms with Gasteiger partial charge in [0.05, 0.1) is 6.54 Å². The van der Waals surface area contributed by atoms with E-state index < -0.39 is 6.10 Å². The molecule has 2 heterocycles. The highest BCUT2D eigenvalue weighted by Crippen LogP contribution is 2.10. The summed E-state index contributed by atoms with van der Waals surface area (Å²) in [5.74, 6) is 1.94. The molecule has 0 amide bonds. The second kappa shape index (κ2) is 8.99. The fraction of sp³-hybridized carbons (Fsp3) is 0.526. The van der Waals surface area contributed by atoms with Gasteiger partial charge in [0.1, 0.15) is 24.3 Å². The Bertz CT molecular complexity index is 623. The van der Waals surface area contributed by atoms with Crippen LogP contribution < -0.4 is 4.74 Å². The summed E-state index contributed by atoms with van der Waals surface area (Å²) >= 11 is 0. The lowest BCUT2D eigenvalue weighted by molar-refractivity contribution is 0.0439. The van der Waals surface area contributed by atoms with Gasteiger partial charge in [-0.3, -0.25) is 9.80 Å². The third kappa shape index (κ3) is 5.29. The summed E-state index contributed by atoms with van der Waals surface area (Å²) in [7, 11) is 0. The number of aliphatic hydroxyl groups excluding tert-OH is 1. The zero-order valence-electron chi connectivity index (χ0n) is 14.9. The van der Waals surface area contributed by atoms with Gasteiger partial charge in [0.15, 0.2) is 0 Å². The largest absolute Gasteiger partial charge is 0.491 e. The van der Waals surface area contributed by atoms with Gasteiger partial charge in [-0.15, -0.1) is 0 Å². The second-order valence-corrected chi connectivity index (χ2v) is 6.48. The third-order valence-corrected chi connectivity index (χ3v) is 4.63. The van der Waals surface area contributed by atoms with Gasteiger partial charge in [0.25, 0.3) is 0 Å². The Labute approximate surface area is 149 Å². The number of hydrogen-bond donors (Lipinski definition) is 1. The van der Waals surface area contributed by atoms with Crippen molar-refractivity contribution >= 4 is 0 Å². The lowest BCUT2D eigenvalue weighted by Gasteiger charge is -2.35. The highest BCUT2D eigenvalue weighted by molar-refractivity contribution is 5.20. The van der Waals surface area contributed by atoms with E-state index in [2.05, 4.69) is 26.3 Å². The van der Waals surface area contributed by atoms with Gasteiger partial charge >= 0.3 is 0 Å². The van der Waals surface area contributed by atoms with E-state index in [1.54, 1.807) is 0 Å². The monoisotopic (exact) mass is 344 g/mol. The predicted octanol–water partition coefficient (Wildman–Crippen LogP) is 1.46. The molecule has 6 nitrogen and oxygen atoms in total. The zero-order valence-corrected chi connectivity index (χ0v) is 14.9. The maximum absolute atomic E-state index is 10.2. The Morgan fingerprint density at radius 2 is 1.84 bits per heavy atom. The molecular weight excluding hydrogens is 316 g/mol. The van der Waals surface area contributed by atoms with E-state index >= 15 is 0 Å². The molecule has 1 atom stereocenters. The lowest BCUT2D eigenvalue weighted by Crippen LogP contribution is -2.49. The third-order valence-electron chi connectivity index (χ3n) is 4.63. The van der Waals surface area contributed by atoms with E-state index in [9.17, 15) is 5.11 Å². The van der Waals surface area contributed by atoms with Crippen molar-refractivity contribution in [2.75, 3.05) is 39.3 Å². The SMILES string of the molecule is CCn1ccnc1CN1CCN(C[C@@H](O)COc2ccccc2)CC1. The van der Waals surface area contributed by atoms with Crippen molar-refractivity contribution < 1.29 is 9.84 Å². The lowest BCUT2D eigenvalue weighted by atomic mass is 10.2. The van der Waals surface area contributed by atoms with Crippen molar-refractivity contribution in [1.29, 1.82) is 0 Å². The Balaban J connectivity index is 1.37. The molecule has 0 bridgehead atoms. The number of benzene rings is 1. The van der Waals surface area contributed by atoms with E-state index in [0.717, 1.165) is 50.8 Å². The molecule has 0 radical (unpaired) electrons. The normalized spacial score (nSPS) is 17.5. The van der Waals surface area contributed by atoms with Crippen LogP contribution in [0.15, 0.2) is 42.7 Å². The average Bonchev–Trinajstić information content (AvgIpc) is 3.10. The van der Waals surface area contributed by atoms with Crippen LogP contribution in [0.25, 0.3) is 0 Å². The van der Waals surface area contributed by atoms with Crippen molar-refractivity contribution in [1.82, 2.24) is 19.4 Å². The standard InChI is InChI=1S/C19H28N4O2/c1-2-23-9-8-20-19(23)15-22-12-10-21(11-13-22)14-17(24)16-25-18-6-4-3-5-7-18/h3-9,17,24H,2,10-16H2,1H3/t17-/m1/s1. The van der Waals surface area contributed by atoms with Gasteiger partial charge in [-0.1, -0.05) is 18.2 Å². The first-order valence-electron chi connectivity index (χ1n) is 9.05. The fourth-order valence-electron chi connectivity index (χ4n) is 3.17. The summed E-state index contributed by atoms with van der Waals surface area (Å²) in [5, 5.41) is 10.2.